The average Bonchev–Trinajstić information content (AvgIpc) is 0.722. The Morgan fingerprint density at radius 2 is 0.400 bits per heavy atom. The third-order valence-corrected chi connectivity index (χ3v) is 1.000. The molecule has 0 bridgehead atoms. The van der Waals surface area contributed by atoms with Crippen LogP contribution in [0, 0.1) is 7.43 Å². The van der Waals surface area contributed by atoms with Gasteiger partial charge < -0.3 is 7.43 Å². The molecule has 0 aromatic heterocycles. The molecule has 1 rings (SSSR count). The van der Waals surface area contributed by atoms with E-state index in [1.54, 1.807) is 0 Å². The van der Waals surface area contributed by atoms with Crippen molar-refractivity contribution in [2.75, 3.05) is 0 Å². The molecule has 0 unspecified atom stereocenters. The molecule has 0 aromatic carbocycles. The smallest absolute Gasteiger partial charge is 0 e. The maximum Gasteiger partial charge on any atom is 0 e. The Hall–Kier alpha value is 0.584. The maximum atomic E-state index is 1.50. The summed E-state index contributed by atoms with van der Waals surface area (Å²) in [5, 5.41) is 0. The van der Waals surface area contributed by atoms with Crippen LogP contribution in [0.25, 0.3) is 0 Å². The van der Waals surface area contributed by atoms with Gasteiger partial charge in [0.15, 0.2) is 0 Å². The first-order valence-corrected chi connectivity index (χ1v) is 2.00. The SMILES string of the molecule is C.C.C.C.C.C.C.C.C.C1CCC1.[CH3-].[V]. The summed E-state index contributed by atoms with van der Waals surface area (Å²) in [5.41, 5.74) is 0. The van der Waals surface area contributed by atoms with E-state index >= 15 is 0 Å². The molecule has 1 aliphatic carbocycles. The molecule has 1 fully saturated rings. The summed E-state index contributed by atoms with van der Waals surface area (Å²) in [7, 11) is 0. The van der Waals surface area contributed by atoms with Gasteiger partial charge in [0, 0.05) is 18.6 Å². The van der Waals surface area contributed by atoms with Gasteiger partial charge in [-0.3, -0.25) is 0 Å². The molecule has 0 aromatic rings. The van der Waals surface area contributed by atoms with Crippen molar-refractivity contribution in [1.82, 2.24) is 0 Å². The van der Waals surface area contributed by atoms with Gasteiger partial charge in [-0.25, -0.2) is 0 Å². The van der Waals surface area contributed by atoms with Crippen molar-refractivity contribution in [2.45, 2.75) is 92.5 Å². The molecule has 0 spiro atoms. The van der Waals surface area contributed by atoms with Gasteiger partial charge in [-0.05, 0) is 0 Å². The van der Waals surface area contributed by atoms with Crippen LogP contribution in [0.4, 0.5) is 0 Å². The molecule has 1 saturated carbocycles. The van der Waals surface area contributed by atoms with Gasteiger partial charge >= 0.3 is 0 Å². The Balaban J connectivity index is -0.00000000162. The Morgan fingerprint density at radius 1 is 0.333 bits per heavy atom. The van der Waals surface area contributed by atoms with E-state index in [9.17, 15) is 0 Å². The van der Waals surface area contributed by atoms with Gasteiger partial charge in [0.05, 0.1) is 0 Å². The number of hydrogen-bond acceptors (Lipinski definition) is 0. The second-order valence-corrected chi connectivity index (χ2v) is 1.41. The second-order valence-electron chi connectivity index (χ2n) is 1.41. The fourth-order valence-electron chi connectivity index (χ4n) is 0.250. The van der Waals surface area contributed by atoms with Crippen LogP contribution >= 0.6 is 0 Å². The van der Waals surface area contributed by atoms with E-state index in [-0.39, 0.29) is 92.8 Å². The van der Waals surface area contributed by atoms with Gasteiger partial charge in [0.25, 0.3) is 0 Å². The Bertz CT molecular complexity index is 13.3. The molecule has 109 valence electrons. The van der Waals surface area contributed by atoms with Crippen LogP contribution in [0.2, 0.25) is 0 Å². The monoisotopic (exact) mass is 266 g/mol. The van der Waals surface area contributed by atoms with Crippen molar-refractivity contribution >= 4 is 0 Å². The molecule has 0 atom stereocenters. The first-order chi connectivity index (χ1) is 2.00. The predicted octanol–water partition coefficient (Wildman–Crippen LogP) is 7.73. The van der Waals surface area contributed by atoms with Crippen molar-refractivity contribution in [3.8, 4) is 0 Å². The minimum absolute atomic E-state index is 0. The van der Waals surface area contributed by atoms with Crippen LogP contribution in [0.1, 0.15) is 92.5 Å². The van der Waals surface area contributed by atoms with Crippen LogP contribution in [-0.2, 0) is 18.6 Å². The maximum absolute atomic E-state index is 1.50. The summed E-state index contributed by atoms with van der Waals surface area (Å²) >= 11 is 0. The zero-order valence-electron chi connectivity index (χ0n) is 4.28. The van der Waals surface area contributed by atoms with Gasteiger partial charge in [-0.2, -0.15) is 0 Å². The molecule has 0 N–H and O–H groups in total. The van der Waals surface area contributed by atoms with E-state index in [1.165, 1.54) is 25.7 Å². The van der Waals surface area contributed by atoms with Crippen molar-refractivity contribution in [3.63, 3.8) is 0 Å². The van der Waals surface area contributed by atoms with Crippen molar-refractivity contribution in [1.29, 1.82) is 0 Å². The third kappa shape index (κ3) is 110. The zero-order valence-corrected chi connectivity index (χ0v) is 5.67. The van der Waals surface area contributed by atoms with Crippen molar-refractivity contribution in [2.24, 2.45) is 0 Å². The second kappa shape index (κ2) is 128. The summed E-state index contributed by atoms with van der Waals surface area (Å²) in [4.78, 5) is 0. The quantitative estimate of drug-likeness (QED) is 0.393. The summed E-state index contributed by atoms with van der Waals surface area (Å²) in [6.07, 6.45) is 6.00. The molecule has 1 heteroatoms. The van der Waals surface area contributed by atoms with E-state index in [2.05, 4.69) is 0 Å². The molecule has 0 saturated heterocycles. The minimum Gasteiger partial charge on any atom is -0.358 e. The van der Waals surface area contributed by atoms with Gasteiger partial charge in [-0.1, -0.05) is 92.5 Å². The normalized spacial score (nSPS) is 6.40. The fraction of sp³-hybridized carbons (Fsp3) is 0.929. The molecular formula is C14H47V-. The van der Waals surface area contributed by atoms with Crippen LogP contribution in [0.15, 0.2) is 0 Å². The topological polar surface area (TPSA) is 0 Å². The summed E-state index contributed by atoms with van der Waals surface area (Å²) in [6.45, 7) is 0. The predicted molar refractivity (Wildman–Crippen MR) is 85.5 cm³/mol. The molecule has 1 aliphatic rings. The first-order valence-electron chi connectivity index (χ1n) is 2.00. The molecular weight excluding hydrogens is 219 g/mol. The molecule has 0 nitrogen and oxygen atoms in total. The largest absolute Gasteiger partial charge is 0.358 e. The zero-order chi connectivity index (χ0) is 2.83. The summed E-state index contributed by atoms with van der Waals surface area (Å²) < 4.78 is 0. The van der Waals surface area contributed by atoms with Gasteiger partial charge in [0.2, 0.25) is 0 Å². The summed E-state index contributed by atoms with van der Waals surface area (Å²) in [6, 6.07) is 0. The van der Waals surface area contributed by atoms with Crippen LogP contribution in [0.3, 0.4) is 0 Å². The fourth-order valence-corrected chi connectivity index (χ4v) is 0.250. The Morgan fingerprint density at radius 3 is 0.400 bits per heavy atom. The molecule has 15 heavy (non-hydrogen) atoms. The van der Waals surface area contributed by atoms with Gasteiger partial charge in [0.1, 0.15) is 0 Å². The van der Waals surface area contributed by atoms with E-state index in [1.807, 2.05) is 0 Å². The summed E-state index contributed by atoms with van der Waals surface area (Å²) in [5.74, 6) is 0. The standard InChI is InChI=1S/C4H8.9CH4.CH3.V/c1-2-4-3-1;;;;;;;;;;;/h1-4H2;9*1H4;1H3;/q;;;;;;;;;;-1;. The third-order valence-electron chi connectivity index (χ3n) is 1.000. The van der Waals surface area contributed by atoms with Crippen molar-refractivity contribution < 1.29 is 18.6 Å². The first kappa shape index (κ1) is 158. The van der Waals surface area contributed by atoms with Gasteiger partial charge in [-0.15, -0.1) is 0 Å². The van der Waals surface area contributed by atoms with Crippen LogP contribution in [0.5, 0.6) is 0 Å². The average molecular weight is 266 g/mol. The molecule has 0 amide bonds. The van der Waals surface area contributed by atoms with E-state index in [4.69, 9.17) is 0 Å². The Labute approximate surface area is 119 Å². The number of hydrogen-bond donors (Lipinski definition) is 0. The molecule has 1 radical (unpaired) electrons. The van der Waals surface area contributed by atoms with Crippen molar-refractivity contribution in [3.05, 3.63) is 7.43 Å². The van der Waals surface area contributed by atoms with E-state index in [0.717, 1.165) is 0 Å². The number of rotatable bonds is 0. The minimum atomic E-state index is 0. The molecule has 0 heterocycles. The van der Waals surface area contributed by atoms with Crippen LogP contribution in [-0.4, -0.2) is 0 Å². The molecule has 0 aliphatic heterocycles. The van der Waals surface area contributed by atoms with E-state index in [0.29, 0.717) is 0 Å². The van der Waals surface area contributed by atoms with Crippen LogP contribution < -0.4 is 0 Å². The Kier molecular flexibility index (Phi) is 1350. The van der Waals surface area contributed by atoms with E-state index < -0.39 is 0 Å².